The van der Waals surface area contributed by atoms with Gasteiger partial charge in [0.2, 0.25) is 5.91 Å². The van der Waals surface area contributed by atoms with Crippen molar-refractivity contribution in [2.75, 3.05) is 13.1 Å². The third-order valence-corrected chi connectivity index (χ3v) is 5.46. The van der Waals surface area contributed by atoms with Gasteiger partial charge in [0, 0.05) is 12.5 Å². The second kappa shape index (κ2) is 8.50. The summed E-state index contributed by atoms with van der Waals surface area (Å²) in [6.45, 7) is 9.26. The monoisotopic (exact) mass is 350 g/mol. The lowest BCUT2D eigenvalue weighted by Crippen LogP contribution is -2.41. The molecule has 0 bridgehead atoms. The second-order valence-electron chi connectivity index (χ2n) is 7.63. The number of amides is 1. The third-order valence-electron chi connectivity index (χ3n) is 5.46. The van der Waals surface area contributed by atoms with E-state index in [0.717, 1.165) is 32.5 Å². The van der Waals surface area contributed by atoms with E-state index >= 15 is 0 Å². The van der Waals surface area contributed by atoms with Gasteiger partial charge >= 0.3 is 0 Å². The van der Waals surface area contributed by atoms with Crippen molar-refractivity contribution in [3.8, 4) is 0 Å². The fraction of sp³-hybridized carbons (Fsp3) is 0.435. The molecule has 1 heterocycles. The molecule has 0 aromatic heterocycles. The van der Waals surface area contributed by atoms with Crippen LogP contribution in [0.4, 0.5) is 0 Å². The largest absolute Gasteiger partial charge is 0.349 e. The molecular weight excluding hydrogens is 320 g/mol. The third kappa shape index (κ3) is 4.73. The highest BCUT2D eigenvalue weighted by Gasteiger charge is 2.26. The SMILES string of the molecule is Cc1ccc([C@H](C)NC(=O)C2CCN(Cc3ccccc3)CC2)c(C)c1. The summed E-state index contributed by atoms with van der Waals surface area (Å²) >= 11 is 0. The lowest BCUT2D eigenvalue weighted by atomic mass is 9.94. The van der Waals surface area contributed by atoms with Gasteiger partial charge in [-0.2, -0.15) is 0 Å². The summed E-state index contributed by atoms with van der Waals surface area (Å²) in [5.74, 6) is 0.340. The van der Waals surface area contributed by atoms with Gasteiger partial charge in [-0.3, -0.25) is 9.69 Å². The van der Waals surface area contributed by atoms with Gasteiger partial charge in [-0.1, -0.05) is 54.1 Å². The Morgan fingerprint density at radius 2 is 1.81 bits per heavy atom. The first-order valence-corrected chi connectivity index (χ1v) is 9.66. The Hall–Kier alpha value is -2.13. The first-order chi connectivity index (χ1) is 12.5. The van der Waals surface area contributed by atoms with Crippen LogP contribution in [0.2, 0.25) is 0 Å². The summed E-state index contributed by atoms with van der Waals surface area (Å²) in [7, 11) is 0. The molecule has 3 nitrogen and oxygen atoms in total. The summed E-state index contributed by atoms with van der Waals surface area (Å²) in [5, 5.41) is 3.23. The van der Waals surface area contributed by atoms with E-state index in [-0.39, 0.29) is 17.9 Å². The molecule has 3 rings (SSSR count). The molecule has 26 heavy (non-hydrogen) atoms. The highest BCUT2D eigenvalue weighted by molar-refractivity contribution is 5.79. The zero-order valence-corrected chi connectivity index (χ0v) is 16.2. The standard InChI is InChI=1S/C23H30N2O/c1-17-9-10-22(18(2)15-17)19(3)24-23(26)21-11-13-25(14-12-21)16-20-7-5-4-6-8-20/h4-10,15,19,21H,11-14,16H2,1-3H3,(H,24,26)/t19-/m0/s1. The van der Waals surface area contributed by atoms with Gasteiger partial charge in [0.25, 0.3) is 0 Å². The van der Waals surface area contributed by atoms with Crippen LogP contribution >= 0.6 is 0 Å². The van der Waals surface area contributed by atoms with Crippen LogP contribution in [0.1, 0.15) is 48.1 Å². The first kappa shape index (κ1) is 18.7. The van der Waals surface area contributed by atoms with Crippen molar-refractivity contribution in [3.05, 3.63) is 70.8 Å². The van der Waals surface area contributed by atoms with Crippen LogP contribution < -0.4 is 5.32 Å². The van der Waals surface area contributed by atoms with Gasteiger partial charge < -0.3 is 5.32 Å². The van der Waals surface area contributed by atoms with Gasteiger partial charge in [-0.15, -0.1) is 0 Å². The van der Waals surface area contributed by atoms with Crippen LogP contribution in [0.15, 0.2) is 48.5 Å². The molecule has 1 atom stereocenters. The summed E-state index contributed by atoms with van der Waals surface area (Å²) in [6.07, 6.45) is 1.89. The molecule has 0 radical (unpaired) electrons. The van der Waals surface area contributed by atoms with Crippen molar-refractivity contribution in [2.45, 2.75) is 46.2 Å². The topological polar surface area (TPSA) is 32.3 Å². The Morgan fingerprint density at radius 1 is 1.12 bits per heavy atom. The van der Waals surface area contributed by atoms with Crippen LogP contribution in [0, 0.1) is 19.8 Å². The number of nitrogens with zero attached hydrogens (tertiary/aromatic N) is 1. The quantitative estimate of drug-likeness (QED) is 0.867. The number of hydrogen-bond acceptors (Lipinski definition) is 2. The summed E-state index contributed by atoms with van der Waals surface area (Å²) in [5.41, 5.74) is 5.07. The minimum absolute atomic E-state index is 0.0606. The fourth-order valence-electron chi connectivity index (χ4n) is 3.92. The highest BCUT2D eigenvalue weighted by Crippen LogP contribution is 2.22. The van der Waals surface area contributed by atoms with Crippen LogP contribution in [0.25, 0.3) is 0 Å². The summed E-state index contributed by atoms with van der Waals surface area (Å²) < 4.78 is 0. The lowest BCUT2D eigenvalue weighted by molar-refractivity contribution is -0.127. The highest BCUT2D eigenvalue weighted by atomic mass is 16.1. The molecule has 0 saturated carbocycles. The molecule has 1 fully saturated rings. The molecule has 1 aliphatic rings. The van der Waals surface area contributed by atoms with Crippen LogP contribution in [0.3, 0.4) is 0 Å². The van der Waals surface area contributed by atoms with Gasteiger partial charge in [-0.05, 0) is 63.4 Å². The van der Waals surface area contributed by atoms with Gasteiger partial charge in [0.15, 0.2) is 0 Å². The lowest BCUT2D eigenvalue weighted by Gasteiger charge is -2.32. The average molecular weight is 351 g/mol. The molecule has 0 unspecified atom stereocenters. The van der Waals surface area contributed by atoms with Crippen molar-refractivity contribution >= 4 is 5.91 Å². The zero-order valence-electron chi connectivity index (χ0n) is 16.2. The maximum Gasteiger partial charge on any atom is 0.223 e. The Morgan fingerprint density at radius 3 is 2.46 bits per heavy atom. The van der Waals surface area contributed by atoms with Crippen LogP contribution in [-0.4, -0.2) is 23.9 Å². The molecule has 138 valence electrons. The number of carbonyl (C=O) groups is 1. The Bertz CT molecular complexity index is 733. The number of carbonyl (C=O) groups excluding carboxylic acids is 1. The number of hydrogen-bond donors (Lipinski definition) is 1. The molecule has 1 saturated heterocycles. The van der Waals surface area contributed by atoms with E-state index in [1.165, 1.54) is 22.3 Å². The smallest absolute Gasteiger partial charge is 0.223 e. The number of rotatable bonds is 5. The van der Waals surface area contributed by atoms with E-state index in [9.17, 15) is 4.79 Å². The maximum absolute atomic E-state index is 12.7. The van der Waals surface area contributed by atoms with E-state index in [2.05, 4.69) is 79.5 Å². The second-order valence-corrected chi connectivity index (χ2v) is 7.63. The molecule has 0 spiro atoms. The van der Waals surface area contributed by atoms with Crippen molar-refractivity contribution < 1.29 is 4.79 Å². The van der Waals surface area contributed by atoms with Crippen molar-refractivity contribution in [1.82, 2.24) is 10.2 Å². The minimum atomic E-state index is 0.0606. The number of piperidine rings is 1. The van der Waals surface area contributed by atoms with Gasteiger partial charge in [-0.25, -0.2) is 0 Å². The molecule has 3 heteroatoms. The average Bonchev–Trinajstić information content (AvgIpc) is 2.63. The predicted octanol–water partition coefficient (Wildman–Crippen LogP) is 4.39. The van der Waals surface area contributed by atoms with E-state index < -0.39 is 0 Å². The normalized spacial score (nSPS) is 17.0. The Labute approximate surface area is 157 Å². The van der Waals surface area contributed by atoms with Crippen LogP contribution in [0.5, 0.6) is 0 Å². The molecule has 1 aliphatic heterocycles. The Kier molecular flexibility index (Phi) is 6.10. The molecule has 1 amide bonds. The summed E-state index contributed by atoms with van der Waals surface area (Å²) in [4.78, 5) is 15.1. The predicted molar refractivity (Wildman–Crippen MR) is 107 cm³/mol. The van der Waals surface area contributed by atoms with Gasteiger partial charge in [0.1, 0.15) is 0 Å². The van der Waals surface area contributed by atoms with E-state index in [1.807, 2.05) is 0 Å². The molecule has 2 aromatic rings. The molecule has 1 N–H and O–H groups in total. The molecular formula is C23H30N2O. The number of nitrogens with one attached hydrogen (secondary N) is 1. The van der Waals surface area contributed by atoms with E-state index in [0.29, 0.717) is 0 Å². The maximum atomic E-state index is 12.7. The number of likely N-dealkylation sites (tertiary alicyclic amines) is 1. The minimum Gasteiger partial charge on any atom is -0.349 e. The van der Waals surface area contributed by atoms with Crippen molar-refractivity contribution in [2.24, 2.45) is 5.92 Å². The van der Waals surface area contributed by atoms with Gasteiger partial charge in [0.05, 0.1) is 6.04 Å². The van der Waals surface area contributed by atoms with Crippen molar-refractivity contribution in [3.63, 3.8) is 0 Å². The zero-order chi connectivity index (χ0) is 18.5. The molecule has 2 aromatic carbocycles. The van der Waals surface area contributed by atoms with E-state index in [1.54, 1.807) is 0 Å². The molecule has 0 aliphatic carbocycles. The summed E-state index contributed by atoms with van der Waals surface area (Å²) in [6, 6.07) is 17.1. The number of aryl methyl sites for hydroxylation is 2. The fourth-order valence-corrected chi connectivity index (χ4v) is 3.92. The van der Waals surface area contributed by atoms with Crippen LogP contribution in [-0.2, 0) is 11.3 Å². The first-order valence-electron chi connectivity index (χ1n) is 9.66. The van der Waals surface area contributed by atoms with Crippen molar-refractivity contribution in [1.29, 1.82) is 0 Å². The van der Waals surface area contributed by atoms with E-state index in [4.69, 9.17) is 0 Å². The number of benzene rings is 2. The Balaban J connectivity index is 1.50.